The van der Waals surface area contributed by atoms with E-state index in [2.05, 4.69) is 10.4 Å². The number of aromatic nitrogens is 2. The molecule has 0 radical (unpaired) electrons. The van der Waals surface area contributed by atoms with Gasteiger partial charge in [-0.3, -0.25) is 9.48 Å². The first-order chi connectivity index (χ1) is 10.5. The summed E-state index contributed by atoms with van der Waals surface area (Å²) in [5.41, 5.74) is 2.53. The summed E-state index contributed by atoms with van der Waals surface area (Å²) in [7, 11) is 0. The van der Waals surface area contributed by atoms with Gasteiger partial charge in [-0.25, -0.2) is 4.79 Å². The number of amides is 1. The minimum atomic E-state index is -1.04. The van der Waals surface area contributed by atoms with Crippen LogP contribution in [0.4, 0.5) is 0 Å². The smallest absolute Gasteiger partial charge is 0.335 e. The highest BCUT2D eigenvalue weighted by molar-refractivity contribution is 5.97. The highest BCUT2D eigenvalue weighted by Gasteiger charge is 2.09. The maximum absolute atomic E-state index is 12.0. The van der Waals surface area contributed by atoms with Crippen molar-refractivity contribution in [2.24, 2.45) is 0 Å². The zero-order valence-electron chi connectivity index (χ0n) is 12.7. The third-order valence-electron chi connectivity index (χ3n) is 3.31. The van der Waals surface area contributed by atoms with Crippen molar-refractivity contribution in [3.05, 3.63) is 52.8 Å². The zero-order valence-corrected chi connectivity index (χ0v) is 12.7. The van der Waals surface area contributed by atoms with Crippen LogP contribution in [-0.2, 0) is 6.54 Å². The van der Waals surface area contributed by atoms with Gasteiger partial charge in [-0.2, -0.15) is 5.10 Å². The quantitative estimate of drug-likeness (QED) is 0.799. The summed E-state index contributed by atoms with van der Waals surface area (Å²) in [5, 5.41) is 16.1. The predicted molar refractivity (Wildman–Crippen MR) is 82.1 cm³/mol. The average molecular weight is 301 g/mol. The van der Waals surface area contributed by atoms with Gasteiger partial charge in [-0.05, 0) is 44.5 Å². The lowest BCUT2D eigenvalue weighted by atomic mass is 10.1. The average Bonchev–Trinajstić information content (AvgIpc) is 2.81. The largest absolute Gasteiger partial charge is 0.478 e. The number of aryl methyl sites for hydroxylation is 3. The van der Waals surface area contributed by atoms with E-state index in [1.807, 2.05) is 24.6 Å². The fraction of sp³-hybridized carbons (Fsp3) is 0.312. The lowest BCUT2D eigenvalue weighted by molar-refractivity contribution is 0.0697. The third-order valence-corrected chi connectivity index (χ3v) is 3.31. The number of aromatic carboxylic acids is 1. The van der Waals surface area contributed by atoms with E-state index in [1.165, 1.54) is 12.1 Å². The fourth-order valence-electron chi connectivity index (χ4n) is 2.23. The molecule has 0 saturated heterocycles. The number of carboxylic acid groups (broad SMARTS) is 1. The molecule has 1 heterocycles. The van der Waals surface area contributed by atoms with Gasteiger partial charge in [0, 0.05) is 24.3 Å². The molecule has 22 heavy (non-hydrogen) atoms. The van der Waals surface area contributed by atoms with Crippen LogP contribution in [0.5, 0.6) is 0 Å². The molecule has 0 bridgehead atoms. The summed E-state index contributed by atoms with van der Waals surface area (Å²) in [6.45, 7) is 5.18. The molecule has 2 rings (SSSR count). The Morgan fingerprint density at radius 3 is 2.59 bits per heavy atom. The van der Waals surface area contributed by atoms with Crippen molar-refractivity contribution in [3.63, 3.8) is 0 Å². The highest BCUT2D eigenvalue weighted by Crippen LogP contribution is 2.06. The van der Waals surface area contributed by atoms with Crippen molar-refractivity contribution in [1.29, 1.82) is 0 Å². The van der Waals surface area contributed by atoms with Crippen molar-refractivity contribution >= 4 is 11.9 Å². The molecule has 0 atom stereocenters. The van der Waals surface area contributed by atoms with Crippen molar-refractivity contribution in [2.75, 3.05) is 6.54 Å². The van der Waals surface area contributed by atoms with Crippen LogP contribution >= 0.6 is 0 Å². The summed E-state index contributed by atoms with van der Waals surface area (Å²) in [6.07, 6.45) is 0.756. The number of rotatable bonds is 6. The first-order valence-corrected chi connectivity index (χ1v) is 7.10. The zero-order chi connectivity index (χ0) is 16.1. The van der Waals surface area contributed by atoms with Crippen molar-refractivity contribution in [2.45, 2.75) is 26.8 Å². The van der Waals surface area contributed by atoms with Gasteiger partial charge in [0.25, 0.3) is 5.91 Å². The molecule has 0 spiro atoms. The summed E-state index contributed by atoms with van der Waals surface area (Å²) >= 11 is 0. The molecule has 0 fully saturated rings. The van der Waals surface area contributed by atoms with E-state index in [1.54, 1.807) is 12.1 Å². The van der Waals surface area contributed by atoms with E-state index in [9.17, 15) is 9.59 Å². The number of nitrogens with zero attached hydrogens (tertiary/aromatic N) is 2. The molecule has 0 aliphatic carbocycles. The summed E-state index contributed by atoms with van der Waals surface area (Å²) in [4.78, 5) is 22.9. The first-order valence-electron chi connectivity index (χ1n) is 7.10. The van der Waals surface area contributed by atoms with Crippen LogP contribution in [0.3, 0.4) is 0 Å². The molecule has 0 aliphatic heterocycles. The number of nitrogens with one attached hydrogen (secondary N) is 1. The topological polar surface area (TPSA) is 84.2 Å². The first kappa shape index (κ1) is 15.8. The molecule has 1 aromatic carbocycles. The number of benzene rings is 1. The van der Waals surface area contributed by atoms with Gasteiger partial charge in [-0.1, -0.05) is 6.07 Å². The van der Waals surface area contributed by atoms with Gasteiger partial charge in [0.05, 0.1) is 11.3 Å². The van der Waals surface area contributed by atoms with Gasteiger partial charge in [0.15, 0.2) is 0 Å². The van der Waals surface area contributed by atoms with Crippen LogP contribution in [-0.4, -0.2) is 33.3 Å². The second-order valence-corrected chi connectivity index (χ2v) is 5.15. The molecule has 6 nitrogen and oxygen atoms in total. The van der Waals surface area contributed by atoms with Crippen molar-refractivity contribution in [3.8, 4) is 0 Å². The van der Waals surface area contributed by atoms with Gasteiger partial charge < -0.3 is 10.4 Å². The summed E-state index contributed by atoms with van der Waals surface area (Å²) in [6, 6.07) is 8.01. The number of hydrogen-bond donors (Lipinski definition) is 2. The lowest BCUT2D eigenvalue weighted by Crippen LogP contribution is -2.25. The number of carboxylic acids is 1. The van der Waals surface area contributed by atoms with Gasteiger partial charge in [0.2, 0.25) is 0 Å². The Balaban J connectivity index is 1.84. The van der Waals surface area contributed by atoms with Crippen LogP contribution in [0.2, 0.25) is 0 Å². The van der Waals surface area contributed by atoms with Crippen molar-refractivity contribution < 1.29 is 14.7 Å². The molecule has 0 aliphatic rings. The molecule has 0 saturated carbocycles. The van der Waals surface area contributed by atoms with Gasteiger partial charge in [-0.15, -0.1) is 0 Å². The molecular formula is C16H19N3O3. The van der Waals surface area contributed by atoms with Crippen LogP contribution in [0.1, 0.15) is 38.5 Å². The molecule has 1 aromatic heterocycles. The molecule has 1 amide bonds. The van der Waals surface area contributed by atoms with E-state index in [-0.39, 0.29) is 11.5 Å². The summed E-state index contributed by atoms with van der Waals surface area (Å²) in [5.74, 6) is -1.31. The Bertz CT molecular complexity index is 692. The van der Waals surface area contributed by atoms with E-state index in [4.69, 9.17) is 5.11 Å². The second-order valence-electron chi connectivity index (χ2n) is 5.15. The monoisotopic (exact) mass is 301 g/mol. The Kier molecular flexibility index (Phi) is 4.93. The Labute approximate surface area is 128 Å². The number of carbonyl (C=O) groups excluding carboxylic acids is 1. The third kappa shape index (κ3) is 3.94. The minimum Gasteiger partial charge on any atom is -0.478 e. The second kappa shape index (κ2) is 6.89. The standard InChI is InChI=1S/C16H19N3O3/c1-11-9-12(2)19(18-11)8-4-7-17-15(20)13-5-3-6-14(10-13)16(21)22/h3,5-6,9-10H,4,7-8H2,1-2H3,(H,17,20)(H,21,22). The maximum atomic E-state index is 12.0. The Morgan fingerprint density at radius 1 is 1.23 bits per heavy atom. The van der Waals surface area contributed by atoms with Crippen LogP contribution in [0.15, 0.2) is 30.3 Å². The van der Waals surface area contributed by atoms with E-state index in [0.29, 0.717) is 12.1 Å². The van der Waals surface area contributed by atoms with Gasteiger partial charge in [0.1, 0.15) is 0 Å². The van der Waals surface area contributed by atoms with E-state index >= 15 is 0 Å². The number of carbonyl (C=O) groups is 2. The van der Waals surface area contributed by atoms with E-state index < -0.39 is 5.97 Å². The normalized spacial score (nSPS) is 10.5. The van der Waals surface area contributed by atoms with Crippen LogP contribution in [0, 0.1) is 13.8 Å². The summed E-state index contributed by atoms with van der Waals surface area (Å²) < 4.78 is 1.91. The Hall–Kier alpha value is -2.63. The minimum absolute atomic E-state index is 0.107. The van der Waals surface area contributed by atoms with Crippen LogP contribution < -0.4 is 5.32 Å². The molecule has 6 heteroatoms. The molecule has 2 N–H and O–H groups in total. The molecular weight excluding hydrogens is 282 g/mol. The van der Waals surface area contributed by atoms with E-state index in [0.717, 1.165) is 24.4 Å². The predicted octanol–water partition coefficient (Wildman–Crippen LogP) is 2.02. The SMILES string of the molecule is Cc1cc(C)n(CCCNC(=O)c2cccc(C(=O)O)c2)n1. The molecule has 0 unspecified atom stereocenters. The highest BCUT2D eigenvalue weighted by atomic mass is 16.4. The molecule has 116 valence electrons. The van der Waals surface area contributed by atoms with Gasteiger partial charge >= 0.3 is 5.97 Å². The van der Waals surface area contributed by atoms with Crippen molar-refractivity contribution in [1.82, 2.24) is 15.1 Å². The molecule has 2 aromatic rings. The lowest BCUT2D eigenvalue weighted by Gasteiger charge is -2.07. The Morgan fingerprint density at radius 2 is 1.95 bits per heavy atom. The number of hydrogen-bond acceptors (Lipinski definition) is 3. The van der Waals surface area contributed by atoms with Crippen LogP contribution in [0.25, 0.3) is 0 Å². The maximum Gasteiger partial charge on any atom is 0.335 e. The fourth-order valence-corrected chi connectivity index (χ4v) is 2.23.